The van der Waals surface area contributed by atoms with E-state index in [0.717, 1.165) is 66.3 Å². The fourth-order valence-corrected chi connectivity index (χ4v) is 9.30. The summed E-state index contributed by atoms with van der Waals surface area (Å²) in [6.45, 7) is 4.61. The molecular formula is C54H36N4O. The molecule has 0 bridgehead atoms. The van der Waals surface area contributed by atoms with Gasteiger partial charge in [0.1, 0.15) is 11.2 Å². The van der Waals surface area contributed by atoms with Gasteiger partial charge in [0.2, 0.25) is 0 Å². The van der Waals surface area contributed by atoms with Gasteiger partial charge in [-0.05, 0) is 75.8 Å². The lowest BCUT2D eigenvalue weighted by Gasteiger charge is -2.21. The Labute approximate surface area is 340 Å². The topological polar surface area (TPSA) is 56.7 Å². The molecule has 1 aliphatic rings. The number of nitrogens with zero attached hydrogens (tertiary/aromatic N) is 4. The molecule has 5 nitrogen and oxygen atoms in total. The van der Waals surface area contributed by atoms with Crippen molar-refractivity contribution in [1.82, 2.24) is 19.5 Å². The summed E-state index contributed by atoms with van der Waals surface area (Å²) < 4.78 is 8.93. The molecule has 0 spiro atoms. The zero-order valence-corrected chi connectivity index (χ0v) is 32.5. The van der Waals surface area contributed by atoms with Gasteiger partial charge < -0.3 is 8.98 Å². The molecule has 0 amide bonds. The van der Waals surface area contributed by atoms with E-state index in [2.05, 4.69) is 176 Å². The summed E-state index contributed by atoms with van der Waals surface area (Å²) in [6, 6.07) is 64.2. The third-order valence-corrected chi connectivity index (χ3v) is 12.3. The van der Waals surface area contributed by atoms with E-state index in [0.29, 0.717) is 17.5 Å². The van der Waals surface area contributed by atoms with E-state index >= 15 is 0 Å². The van der Waals surface area contributed by atoms with Crippen molar-refractivity contribution in [2.24, 2.45) is 0 Å². The van der Waals surface area contributed by atoms with Crippen LogP contribution in [0.1, 0.15) is 25.0 Å². The molecule has 0 atom stereocenters. The summed E-state index contributed by atoms with van der Waals surface area (Å²) in [4.78, 5) is 15.5. The first-order valence-electron chi connectivity index (χ1n) is 20.1. The molecule has 1 aliphatic carbocycles. The highest BCUT2D eigenvalue weighted by atomic mass is 16.3. The minimum absolute atomic E-state index is 0.144. The molecular weight excluding hydrogens is 721 g/mol. The van der Waals surface area contributed by atoms with Gasteiger partial charge in [0, 0.05) is 55.4 Å². The largest absolute Gasteiger partial charge is 0.456 e. The Bertz CT molecular complexity index is 3470. The molecule has 278 valence electrons. The minimum Gasteiger partial charge on any atom is -0.456 e. The van der Waals surface area contributed by atoms with Gasteiger partial charge in [0.15, 0.2) is 17.5 Å². The van der Waals surface area contributed by atoms with Crippen LogP contribution in [0.3, 0.4) is 0 Å². The first-order chi connectivity index (χ1) is 29.0. The minimum atomic E-state index is -0.144. The van der Waals surface area contributed by atoms with E-state index in [1.165, 1.54) is 33.2 Å². The Morgan fingerprint density at radius 3 is 1.75 bits per heavy atom. The quantitative estimate of drug-likeness (QED) is 0.175. The maximum atomic E-state index is 6.60. The third-order valence-electron chi connectivity index (χ3n) is 12.3. The predicted molar refractivity (Wildman–Crippen MR) is 241 cm³/mol. The predicted octanol–water partition coefficient (Wildman–Crippen LogP) is 13.8. The molecule has 12 rings (SSSR count). The number of hydrogen-bond donors (Lipinski definition) is 0. The number of para-hydroxylation sites is 1. The Morgan fingerprint density at radius 2 is 0.949 bits per heavy atom. The maximum Gasteiger partial charge on any atom is 0.164 e. The number of fused-ring (bicyclic) bond motifs is 9. The summed E-state index contributed by atoms with van der Waals surface area (Å²) in [5.41, 5.74) is 15.1. The monoisotopic (exact) mass is 756 g/mol. The second kappa shape index (κ2) is 12.7. The van der Waals surface area contributed by atoms with Crippen LogP contribution in [0, 0.1) is 0 Å². The van der Waals surface area contributed by atoms with Crippen LogP contribution < -0.4 is 0 Å². The van der Waals surface area contributed by atoms with E-state index in [1.54, 1.807) is 0 Å². The molecule has 0 fully saturated rings. The van der Waals surface area contributed by atoms with Gasteiger partial charge in [-0.15, -0.1) is 0 Å². The van der Waals surface area contributed by atoms with Crippen LogP contribution in [-0.2, 0) is 5.41 Å². The molecule has 3 heterocycles. The van der Waals surface area contributed by atoms with Crippen LogP contribution >= 0.6 is 0 Å². The molecule has 59 heavy (non-hydrogen) atoms. The fourth-order valence-electron chi connectivity index (χ4n) is 9.30. The van der Waals surface area contributed by atoms with E-state index < -0.39 is 0 Å². The van der Waals surface area contributed by atoms with Crippen molar-refractivity contribution in [3.63, 3.8) is 0 Å². The molecule has 0 aliphatic heterocycles. The number of aromatic nitrogens is 4. The highest BCUT2D eigenvalue weighted by Crippen LogP contribution is 2.49. The number of hydrogen-bond acceptors (Lipinski definition) is 4. The van der Waals surface area contributed by atoms with Crippen LogP contribution in [0.4, 0.5) is 0 Å². The maximum absolute atomic E-state index is 6.60. The van der Waals surface area contributed by atoms with E-state index in [-0.39, 0.29) is 5.41 Å². The summed E-state index contributed by atoms with van der Waals surface area (Å²) in [5.74, 6) is 1.91. The van der Waals surface area contributed by atoms with Gasteiger partial charge in [0.25, 0.3) is 0 Å². The van der Waals surface area contributed by atoms with Crippen molar-refractivity contribution in [2.45, 2.75) is 19.3 Å². The molecule has 0 N–H and O–H groups in total. The highest BCUT2D eigenvalue weighted by Gasteiger charge is 2.35. The second-order valence-corrected chi connectivity index (χ2v) is 16.0. The summed E-state index contributed by atoms with van der Waals surface area (Å²) in [6.07, 6.45) is 0. The molecule has 0 saturated heterocycles. The van der Waals surface area contributed by atoms with Crippen molar-refractivity contribution in [1.29, 1.82) is 0 Å². The van der Waals surface area contributed by atoms with Gasteiger partial charge in [-0.25, -0.2) is 15.0 Å². The van der Waals surface area contributed by atoms with Gasteiger partial charge >= 0.3 is 0 Å². The molecule has 3 aromatic heterocycles. The Hall–Kier alpha value is -7.63. The normalized spacial score (nSPS) is 13.1. The molecule has 0 radical (unpaired) electrons. The van der Waals surface area contributed by atoms with Crippen LogP contribution in [0.15, 0.2) is 186 Å². The molecule has 11 aromatic rings. The van der Waals surface area contributed by atoms with Crippen molar-refractivity contribution in [3.05, 3.63) is 193 Å². The van der Waals surface area contributed by atoms with Crippen LogP contribution in [0.2, 0.25) is 0 Å². The van der Waals surface area contributed by atoms with Crippen LogP contribution in [0.25, 0.3) is 106 Å². The second-order valence-electron chi connectivity index (χ2n) is 16.0. The highest BCUT2D eigenvalue weighted by molar-refractivity contribution is 6.11. The Balaban J connectivity index is 1.02. The summed E-state index contributed by atoms with van der Waals surface area (Å²) in [7, 11) is 0. The molecule has 8 aromatic carbocycles. The molecule has 0 unspecified atom stereocenters. The van der Waals surface area contributed by atoms with Crippen LogP contribution in [0.5, 0.6) is 0 Å². The number of benzene rings is 8. The first-order valence-corrected chi connectivity index (χ1v) is 20.1. The standard InChI is InChI=1S/C54H36N4O/c1-54(2)45-19-11-9-17-39(45)40-25-22-36(29-46(40)54)52-55-51(34-15-7-4-8-16-34)56-53(57-52)37-23-26-42-41-18-10-12-20-47(41)58(48(42)30-37)38-24-28-44-43-27-21-35(33-13-5-3-6-14-33)31-49(43)59-50(44)32-38/h3-32H,1-2H3. The van der Waals surface area contributed by atoms with Gasteiger partial charge in [-0.3, -0.25) is 0 Å². The fraction of sp³-hybridized carbons (Fsp3) is 0.0556. The zero-order chi connectivity index (χ0) is 39.2. The van der Waals surface area contributed by atoms with Crippen molar-refractivity contribution < 1.29 is 4.42 Å². The summed E-state index contributed by atoms with van der Waals surface area (Å²) >= 11 is 0. The van der Waals surface area contributed by atoms with E-state index in [4.69, 9.17) is 19.4 Å². The number of furan rings is 1. The average Bonchev–Trinajstić information content (AvgIpc) is 3.91. The lowest BCUT2D eigenvalue weighted by Crippen LogP contribution is -2.15. The Kier molecular flexibility index (Phi) is 7.20. The first kappa shape index (κ1) is 33.5. The summed E-state index contributed by atoms with van der Waals surface area (Å²) in [5, 5.41) is 4.52. The lowest BCUT2D eigenvalue weighted by molar-refractivity contribution is 0.660. The van der Waals surface area contributed by atoms with Crippen molar-refractivity contribution >= 4 is 43.7 Å². The number of rotatable bonds is 5. The average molecular weight is 757 g/mol. The SMILES string of the molecule is CC1(C)c2ccccc2-c2ccc(-c3nc(-c4ccccc4)nc(-c4ccc5c6ccccc6n(-c6ccc7c(c6)oc6cc(-c8ccccc8)ccc67)c5c4)n3)cc21. The van der Waals surface area contributed by atoms with E-state index in [1.807, 2.05) is 24.3 Å². The van der Waals surface area contributed by atoms with E-state index in [9.17, 15) is 0 Å². The zero-order valence-electron chi connectivity index (χ0n) is 32.5. The molecule has 0 saturated carbocycles. The van der Waals surface area contributed by atoms with Gasteiger partial charge in [-0.1, -0.05) is 147 Å². The van der Waals surface area contributed by atoms with Gasteiger partial charge in [0.05, 0.1) is 11.0 Å². The van der Waals surface area contributed by atoms with Crippen LogP contribution in [-0.4, -0.2) is 19.5 Å². The Morgan fingerprint density at radius 1 is 0.390 bits per heavy atom. The lowest BCUT2D eigenvalue weighted by atomic mass is 9.82. The molecule has 5 heteroatoms. The third kappa shape index (κ3) is 5.21. The van der Waals surface area contributed by atoms with Crippen molar-refractivity contribution in [2.75, 3.05) is 0 Å². The van der Waals surface area contributed by atoms with Gasteiger partial charge in [-0.2, -0.15) is 0 Å². The van der Waals surface area contributed by atoms with Crippen molar-refractivity contribution in [3.8, 4) is 62.1 Å². The smallest absolute Gasteiger partial charge is 0.164 e.